The number of β-amino-alcohol motifs (C(OH)–C–C–N with tert-alkyl or cyclic N) is 1. The highest BCUT2D eigenvalue weighted by Crippen LogP contribution is 2.19. The number of aliphatic hydroxyl groups is 1. The number of hydrogen-bond acceptors (Lipinski definition) is 6. The average molecular weight is 355 g/mol. The number of carbonyl (C=O) groups excluding carboxylic acids is 2. The highest BCUT2D eigenvalue weighted by atomic mass is 16.3. The van der Waals surface area contributed by atoms with Crippen LogP contribution in [0.15, 0.2) is 36.7 Å². The van der Waals surface area contributed by atoms with Crippen molar-refractivity contribution in [3.05, 3.63) is 47.9 Å². The van der Waals surface area contributed by atoms with Gasteiger partial charge in [0.05, 0.1) is 23.7 Å². The average Bonchev–Trinajstić information content (AvgIpc) is 2.67. The van der Waals surface area contributed by atoms with Crippen molar-refractivity contribution in [3.8, 4) is 11.3 Å². The van der Waals surface area contributed by atoms with E-state index in [0.717, 1.165) is 13.0 Å². The van der Waals surface area contributed by atoms with Gasteiger partial charge in [-0.25, -0.2) is 4.98 Å². The number of amides is 2. The fourth-order valence-corrected chi connectivity index (χ4v) is 2.89. The number of aromatic nitrogens is 2. The Bertz CT molecular complexity index is 818. The summed E-state index contributed by atoms with van der Waals surface area (Å²) in [5.74, 6) is -0.951. The summed E-state index contributed by atoms with van der Waals surface area (Å²) in [6, 6.07) is 6.82. The lowest BCUT2D eigenvalue weighted by molar-refractivity contribution is 0.0170. The summed E-state index contributed by atoms with van der Waals surface area (Å²) in [6.45, 7) is 1.52. The molecule has 1 fully saturated rings. The van der Waals surface area contributed by atoms with Crippen LogP contribution in [0, 0.1) is 0 Å². The van der Waals surface area contributed by atoms with Crippen LogP contribution in [0.2, 0.25) is 0 Å². The quantitative estimate of drug-likeness (QED) is 0.601. The van der Waals surface area contributed by atoms with Crippen LogP contribution in [0.1, 0.15) is 33.7 Å². The van der Waals surface area contributed by atoms with E-state index in [9.17, 15) is 14.7 Å². The zero-order chi connectivity index (χ0) is 18.6. The number of primary amides is 1. The van der Waals surface area contributed by atoms with E-state index in [1.807, 2.05) is 0 Å². The Hall–Kier alpha value is -2.84. The Balaban J connectivity index is 1.73. The Morgan fingerprint density at radius 2 is 2.19 bits per heavy atom. The van der Waals surface area contributed by atoms with Crippen molar-refractivity contribution in [3.63, 3.8) is 0 Å². The minimum absolute atomic E-state index is 0.0596. The number of nitrogens with two attached hydrogens (primary N) is 1. The van der Waals surface area contributed by atoms with E-state index >= 15 is 0 Å². The van der Waals surface area contributed by atoms with Gasteiger partial charge in [-0.3, -0.25) is 14.6 Å². The third-order valence-electron chi connectivity index (χ3n) is 4.34. The van der Waals surface area contributed by atoms with Crippen LogP contribution in [0.4, 0.5) is 0 Å². The van der Waals surface area contributed by atoms with Gasteiger partial charge in [0, 0.05) is 24.2 Å². The molecule has 3 rings (SSSR count). The standard InChI is InChI=1S/C18H21N5O3/c19-16(24)15-9-21-8-14(23-15)12-3-1-4-13(7-12)17(25)22-11-18(26)5-2-6-20-10-18/h1,3-4,7-9,20,26H,2,5-6,10-11H2,(H2,19,24)(H,22,25). The highest BCUT2D eigenvalue weighted by Gasteiger charge is 2.29. The van der Waals surface area contributed by atoms with Crippen LogP contribution in [0.25, 0.3) is 11.3 Å². The molecule has 5 N–H and O–H groups in total. The van der Waals surface area contributed by atoms with Crippen LogP contribution >= 0.6 is 0 Å². The van der Waals surface area contributed by atoms with Crippen molar-refractivity contribution in [2.45, 2.75) is 18.4 Å². The molecule has 2 amide bonds. The van der Waals surface area contributed by atoms with Gasteiger partial charge in [0.25, 0.3) is 11.8 Å². The summed E-state index contributed by atoms with van der Waals surface area (Å²) >= 11 is 0. The molecule has 0 aliphatic carbocycles. The van der Waals surface area contributed by atoms with E-state index in [1.165, 1.54) is 12.4 Å². The third kappa shape index (κ3) is 4.22. The number of carbonyl (C=O) groups is 2. The SMILES string of the molecule is NC(=O)c1cncc(-c2cccc(C(=O)NCC3(O)CCCNC3)c2)n1. The van der Waals surface area contributed by atoms with E-state index in [2.05, 4.69) is 20.6 Å². The normalized spacial score (nSPS) is 19.7. The highest BCUT2D eigenvalue weighted by molar-refractivity contribution is 5.95. The molecule has 1 saturated heterocycles. The molecule has 1 aromatic heterocycles. The Labute approximate surface area is 150 Å². The molecular formula is C18H21N5O3. The summed E-state index contributed by atoms with van der Waals surface area (Å²) in [5, 5.41) is 16.4. The van der Waals surface area contributed by atoms with Gasteiger partial charge in [-0.1, -0.05) is 12.1 Å². The van der Waals surface area contributed by atoms with Crippen molar-refractivity contribution in [2.75, 3.05) is 19.6 Å². The minimum Gasteiger partial charge on any atom is -0.387 e. The smallest absolute Gasteiger partial charge is 0.268 e. The zero-order valence-corrected chi connectivity index (χ0v) is 14.2. The van der Waals surface area contributed by atoms with Gasteiger partial charge in [0.2, 0.25) is 0 Å². The summed E-state index contributed by atoms with van der Waals surface area (Å²) in [6.07, 6.45) is 4.31. The second-order valence-electron chi connectivity index (χ2n) is 6.42. The molecule has 2 heterocycles. The summed E-state index contributed by atoms with van der Waals surface area (Å²) in [4.78, 5) is 31.8. The molecule has 0 spiro atoms. The summed E-state index contributed by atoms with van der Waals surface area (Å²) in [7, 11) is 0. The lowest BCUT2D eigenvalue weighted by atomic mass is 9.94. The monoisotopic (exact) mass is 355 g/mol. The lowest BCUT2D eigenvalue weighted by Gasteiger charge is -2.32. The van der Waals surface area contributed by atoms with Gasteiger partial charge < -0.3 is 21.5 Å². The third-order valence-corrected chi connectivity index (χ3v) is 4.34. The molecule has 1 aromatic carbocycles. The van der Waals surface area contributed by atoms with Crippen molar-refractivity contribution in [1.29, 1.82) is 0 Å². The number of nitrogens with one attached hydrogen (secondary N) is 2. The van der Waals surface area contributed by atoms with E-state index in [-0.39, 0.29) is 18.1 Å². The largest absolute Gasteiger partial charge is 0.387 e. The van der Waals surface area contributed by atoms with Gasteiger partial charge in [-0.2, -0.15) is 0 Å². The molecule has 0 saturated carbocycles. The number of piperidine rings is 1. The second kappa shape index (κ2) is 7.59. The Kier molecular flexibility index (Phi) is 5.24. The first-order chi connectivity index (χ1) is 12.5. The molecule has 1 aliphatic heterocycles. The van der Waals surface area contributed by atoms with E-state index in [0.29, 0.717) is 29.8 Å². The number of rotatable bonds is 5. The second-order valence-corrected chi connectivity index (χ2v) is 6.42. The summed E-state index contributed by atoms with van der Waals surface area (Å²) in [5.41, 5.74) is 5.89. The fourth-order valence-electron chi connectivity index (χ4n) is 2.89. The number of hydrogen-bond donors (Lipinski definition) is 4. The number of benzene rings is 1. The molecule has 26 heavy (non-hydrogen) atoms. The topological polar surface area (TPSA) is 130 Å². The van der Waals surface area contributed by atoms with Gasteiger partial charge in [-0.15, -0.1) is 0 Å². The molecule has 0 bridgehead atoms. The first kappa shape index (κ1) is 18.0. The van der Waals surface area contributed by atoms with Crippen LogP contribution in [0.5, 0.6) is 0 Å². The Morgan fingerprint density at radius 1 is 1.35 bits per heavy atom. The predicted molar refractivity (Wildman–Crippen MR) is 95.4 cm³/mol. The predicted octanol–water partition coefficient (Wildman–Crippen LogP) is 0.0868. The molecular weight excluding hydrogens is 334 g/mol. The zero-order valence-electron chi connectivity index (χ0n) is 14.2. The molecule has 1 atom stereocenters. The number of nitrogens with zero attached hydrogens (tertiary/aromatic N) is 2. The summed E-state index contributed by atoms with van der Waals surface area (Å²) < 4.78 is 0. The molecule has 136 valence electrons. The van der Waals surface area contributed by atoms with Gasteiger partial charge in [0.1, 0.15) is 5.69 Å². The van der Waals surface area contributed by atoms with Crippen LogP contribution < -0.4 is 16.4 Å². The van der Waals surface area contributed by atoms with Gasteiger partial charge in [-0.05, 0) is 31.5 Å². The Morgan fingerprint density at radius 3 is 2.92 bits per heavy atom. The maximum absolute atomic E-state index is 12.4. The minimum atomic E-state index is -0.924. The maximum Gasteiger partial charge on any atom is 0.268 e. The fraction of sp³-hybridized carbons (Fsp3) is 0.333. The van der Waals surface area contributed by atoms with Crippen LogP contribution in [0.3, 0.4) is 0 Å². The molecule has 2 aromatic rings. The van der Waals surface area contributed by atoms with Crippen molar-refractivity contribution in [2.24, 2.45) is 5.73 Å². The molecule has 8 heteroatoms. The lowest BCUT2D eigenvalue weighted by Crippen LogP contribution is -2.52. The van der Waals surface area contributed by atoms with Crippen LogP contribution in [-0.4, -0.2) is 52.1 Å². The molecule has 0 radical (unpaired) electrons. The van der Waals surface area contributed by atoms with Crippen molar-refractivity contribution >= 4 is 11.8 Å². The van der Waals surface area contributed by atoms with Gasteiger partial charge >= 0.3 is 0 Å². The van der Waals surface area contributed by atoms with Gasteiger partial charge in [0.15, 0.2) is 0 Å². The molecule has 1 aliphatic rings. The first-order valence-corrected chi connectivity index (χ1v) is 8.40. The molecule has 8 nitrogen and oxygen atoms in total. The maximum atomic E-state index is 12.4. The van der Waals surface area contributed by atoms with E-state index < -0.39 is 11.5 Å². The van der Waals surface area contributed by atoms with Crippen molar-refractivity contribution < 1.29 is 14.7 Å². The van der Waals surface area contributed by atoms with Crippen molar-refractivity contribution in [1.82, 2.24) is 20.6 Å². The first-order valence-electron chi connectivity index (χ1n) is 8.40. The van der Waals surface area contributed by atoms with E-state index in [4.69, 9.17) is 5.73 Å². The van der Waals surface area contributed by atoms with E-state index in [1.54, 1.807) is 24.3 Å². The molecule has 1 unspecified atom stereocenters. The van der Waals surface area contributed by atoms with Crippen LogP contribution in [-0.2, 0) is 0 Å².